The molecule has 0 saturated carbocycles. The Kier molecular flexibility index (Phi) is 6.17. The van der Waals surface area contributed by atoms with Gasteiger partial charge in [0.1, 0.15) is 5.75 Å². The molecular formula is C27H29NO4. The maximum Gasteiger partial charge on any atom is 0.336 e. The van der Waals surface area contributed by atoms with Gasteiger partial charge in [0, 0.05) is 29.3 Å². The second kappa shape index (κ2) is 9.03. The summed E-state index contributed by atoms with van der Waals surface area (Å²) in [5, 5.41) is 13.5. The second-order valence-corrected chi connectivity index (χ2v) is 9.02. The van der Waals surface area contributed by atoms with E-state index in [0.717, 1.165) is 11.3 Å². The molecule has 32 heavy (non-hydrogen) atoms. The van der Waals surface area contributed by atoms with Crippen LogP contribution in [0.3, 0.4) is 0 Å². The van der Waals surface area contributed by atoms with Gasteiger partial charge in [0.25, 0.3) is 0 Å². The predicted octanol–water partition coefficient (Wildman–Crippen LogP) is 4.95. The van der Waals surface area contributed by atoms with Crippen LogP contribution in [-0.2, 0) is 14.3 Å². The maximum atomic E-state index is 13.5. The Labute approximate surface area is 188 Å². The van der Waals surface area contributed by atoms with Gasteiger partial charge in [-0.15, -0.1) is 0 Å². The summed E-state index contributed by atoms with van der Waals surface area (Å²) < 4.78 is 5.57. The first-order valence-corrected chi connectivity index (χ1v) is 11.1. The van der Waals surface area contributed by atoms with E-state index in [0.29, 0.717) is 41.9 Å². The third-order valence-corrected chi connectivity index (χ3v) is 6.07. The van der Waals surface area contributed by atoms with Crippen molar-refractivity contribution in [1.29, 1.82) is 0 Å². The number of ketones is 1. The van der Waals surface area contributed by atoms with Gasteiger partial charge in [-0.3, -0.25) is 4.79 Å². The number of carbonyl (C=O) groups excluding carboxylic acids is 2. The van der Waals surface area contributed by atoms with Crippen molar-refractivity contribution in [3.63, 3.8) is 0 Å². The molecule has 0 spiro atoms. The number of hydrogen-bond acceptors (Lipinski definition) is 5. The molecule has 0 bridgehead atoms. The molecule has 1 heterocycles. The predicted molar refractivity (Wildman–Crippen MR) is 123 cm³/mol. The number of phenols is 1. The van der Waals surface area contributed by atoms with Gasteiger partial charge >= 0.3 is 5.97 Å². The first kappa shape index (κ1) is 21.9. The molecule has 2 aromatic rings. The largest absolute Gasteiger partial charge is 0.508 e. The summed E-state index contributed by atoms with van der Waals surface area (Å²) in [6.45, 7) is 6.12. The van der Waals surface area contributed by atoms with Crippen LogP contribution in [0.25, 0.3) is 0 Å². The highest BCUT2D eigenvalue weighted by molar-refractivity contribution is 6.04. The summed E-state index contributed by atoms with van der Waals surface area (Å²) in [7, 11) is 0. The minimum Gasteiger partial charge on any atom is -0.508 e. The molecule has 5 nitrogen and oxygen atoms in total. The van der Waals surface area contributed by atoms with E-state index < -0.39 is 11.9 Å². The average Bonchev–Trinajstić information content (AvgIpc) is 2.77. The average molecular weight is 432 g/mol. The monoisotopic (exact) mass is 431 g/mol. The van der Waals surface area contributed by atoms with Crippen LogP contribution in [0, 0.1) is 5.92 Å². The lowest BCUT2D eigenvalue weighted by atomic mass is 9.71. The lowest BCUT2D eigenvalue weighted by molar-refractivity contribution is -0.140. The molecular weight excluding hydrogens is 402 g/mol. The Hall–Kier alpha value is -3.34. The molecule has 2 aromatic carbocycles. The molecule has 0 amide bonds. The van der Waals surface area contributed by atoms with Crippen LogP contribution in [0.4, 0.5) is 0 Å². The minimum absolute atomic E-state index is 0.0163. The van der Waals surface area contributed by atoms with Gasteiger partial charge in [0.05, 0.1) is 12.2 Å². The van der Waals surface area contributed by atoms with E-state index >= 15 is 0 Å². The second-order valence-electron chi connectivity index (χ2n) is 9.02. The quantitative estimate of drug-likeness (QED) is 0.655. The van der Waals surface area contributed by atoms with Crippen molar-refractivity contribution in [2.75, 3.05) is 6.61 Å². The van der Waals surface area contributed by atoms with Crippen LogP contribution < -0.4 is 5.32 Å². The highest BCUT2D eigenvalue weighted by Crippen LogP contribution is 2.46. The summed E-state index contributed by atoms with van der Waals surface area (Å²) in [5.74, 6) is -0.595. The Bertz CT molecular complexity index is 1100. The first-order chi connectivity index (χ1) is 15.3. The summed E-state index contributed by atoms with van der Waals surface area (Å²) in [6.07, 6.45) is 1.07. The van der Waals surface area contributed by atoms with Gasteiger partial charge in [-0.25, -0.2) is 4.79 Å². The molecule has 5 heteroatoms. The third kappa shape index (κ3) is 4.33. The van der Waals surface area contributed by atoms with Crippen LogP contribution in [0.15, 0.2) is 77.1 Å². The SMILES string of the molecule is CC1=C(C(=O)OCC(C)C)[C@H](c2cccc(O)c2)C2=C(C[C@@H](c3ccccc3)CC2=O)N1. The zero-order chi connectivity index (χ0) is 22.8. The van der Waals surface area contributed by atoms with E-state index in [1.165, 1.54) is 0 Å². The first-order valence-electron chi connectivity index (χ1n) is 11.1. The normalized spacial score (nSPS) is 20.8. The number of ether oxygens (including phenoxy) is 1. The lowest BCUT2D eigenvalue weighted by Crippen LogP contribution is -2.36. The molecule has 0 saturated heterocycles. The number of rotatable bonds is 5. The number of carbonyl (C=O) groups is 2. The van der Waals surface area contributed by atoms with Gasteiger partial charge in [-0.2, -0.15) is 0 Å². The van der Waals surface area contributed by atoms with Crippen LogP contribution >= 0.6 is 0 Å². The fourth-order valence-corrected chi connectivity index (χ4v) is 4.63. The fraction of sp³-hybridized carbons (Fsp3) is 0.333. The van der Waals surface area contributed by atoms with Crippen molar-refractivity contribution < 1.29 is 19.4 Å². The van der Waals surface area contributed by atoms with Crippen molar-refractivity contribution in [2.45, 2.75) is 45.4 Å². The molecule has 0 aromatic heterocycles. The van der Waals surface area contributed by atoms with Crippen LogP contribution in [0.1, 0.15) is 56.6 Å². The summed E-state index contributed by atoms with van der Waals surface area (Å²) >= 11 is 0. The van der Waals surface area contributed by atoms with E-state index in [2.05, 4.69) is 17.4 Å². The molecule has 1 aliphatic carbocycles. The molecule has 0 unspecified atom stereocenters. The molecule has 166 valence electrons. The summed E-state index contributed by atoms with van der Waals surface area (Å²) in [5.41, 5.74) is 4.41. The number of aromatic hydroxyl groups is 1. The van der Waals surface area contributed by atoms with Crippen LogP contribution in [-0.4, -0.2) is 23.5 Å². The minimum atomic E-state index is -0.567. The number of hydrogen-bond donors (Lipinski definition) is 2. The Morgan fingerprint density at radius 3 is 2.50 bits per heavy atom. The summed E-state index contributed by atoms with van der Waals surface area (Å²) in [6, 6.07) is 16.8. The zero-order valence-corrected chi connectivity index (χ0v) is 18.7. The molecule has 0 fully saturated rings. The zero-order valence-electron chi connectivity index (χ0n) is 18.7. The van der Waals surface area contributed by atoms with E-state index in [1.807, 2.05) is 45.0 Å². The molecule has 0 radical (unpaired) electrons. The number of benzene rings is 2. The van der Waals surface area contributed by atoms with Gasteiger partial charge in [-0.1, -0.05) is 56.3 Å². The standard InChI is InChI=1S/C27H29NO4/c1-16(2)15-32-27(31)24-17(3)28-22-13-20(18-8-5-4-6-9-18)14-23(30)26(22)25(24)19-10-7-11-21(29)12-19/h4-12,16,20,25,28-29H,13-15H2,1-3H3/t20-,25+/m1/s1. The molecule has 2 N–H and O–H groups in total. The van der Waals surface area contributed by atoms with Crippen molar-refractivity contribution in [3.8, 4) is 5.75 Å². The molecule has 2 aliphatic rings. The highest BCUT2D eigenvalue weighted by atomic mass is 16.5. The van der Waals surface area contributed by atoms with Gasteiger partial charge in [0.15, 0.2) is 5.78 Å². The number of Topliss-reactive ketones (excluding diaryl/α,β-unsaturated/α-hetero) is 1. The molecule has 2 atom stereocenters. The number of nitrogens with one attached hydrogen (secondary N) is 1. The van der Waals surface area contributed by atoms with E-state index in [9.17, 15) is 14.7 Å². The van der Waals surface area contributed by atoms with E-state index in [-0.39, 0.29) is 23.4 Å². The van der Waals surface area contributed by atoms with Crippen molar-refractivity contribution in [1.82, 2.24) is 5.32 Å². The molecule has 4 rings (SSSR count). The Balaban J connectivity index is 1.77. The highest BCUT2D eigenvalue weighted by Gasteiger charge is 2.41. The number of allylic oxidation sites excluding steroid dienone is 3. The van der Waals surface area contributed by atoms with Crippen LogP contribution in [0.2, 0.25) is 0 Å². The number of phenolic OH excluding ortho intramolecular Hbond substituents is 1. The number of dihydropyridines is 1. The number of esters is 1. The maximum absolute atomic E-state index is 13.5. The topological polar surface area (TPSA) is 75.6 Å². The van der Waals surface area contributed by atoms with E-state index in [1.54, 1.807) is 18.2 Å². The van der Waals surface area contributed by atoms with Crippen molar-refractivity contribution >= 4 is 11.8 Å². The Morgan fingerprint density at radius 2 is 1.81 bits per heavy atom. The Morgan fingerprint density at radius 1 is 1.09 bits per heavy atom. The lowest BCUT2D eigenvalue weighted by Gasteiger charge is -2.36. The van der Waals surface area contributed by atoms with Gasteiger partial charge in [-0.05, 0) is 48.4 Å². The van der Waals surface area contributed by atoms with Gasteiger partial charge in [0.2, 0.25) is 0 Å². The van der Waals surface area contributed by atoms with E-state index in [4.69, 9.17) is 4.74 Å². The molecule has 1 aliphatic heterocycles. The van der Waals surface area contributed by atoms with Crippen LogP contribution in [0.5, 0.6) is 5.75 Å². The third-order valence-electron chi connectivity index (χ3n) is 6.07. The van der Waals surface area contributed by atoms with Crippen molar-refractivity contribution in [3.05, 3.63) is 88.3 Å². The summed E-state index contributed by atoms with van der Waals surface area (Å²) in [4.78, 5) is 26.6. The van der Waals surface area contributed by atoms with Crippen molar-refractivity contribution in [2.24, 2.45) is 5.92 Å². The smallest absolute Gasteiger partial charge is 0.336 e. The van der Waals surface area contributed by atoms with Gasteiger partial charge < -0.3 is 15.2 Å². The fourth-order valence-electron chi connectivity index (χ4n) is 4.63.